The first-order valence-corrected chi connectivity index (χ1v) is 34.8. The predicted octanol–water partition coefficient (Wildman–Crippen LogP) is 20.3. The molecule has 0 aromatic carbocycles. The molecule has 0 bridgehead atoms. The van der Waals surface area contributed by atoms with Crippen LogP contribution in [-0.4, -0.2) is 68.5 Å². The molecule has 0 saturated carbocycles. The molecule has 0 saturated heterocycles. The van der Waals surface area contributed by atoms with Crippen molar-refractivity contribution >= 4 is 13.7 Å². The third-order valence-electron chi connectivity index (χ3n) is 15.3. The number of carbonyl (C=O) groups excluding carboxylic acids is 1. The van der Waals surface area contributed by atoms with Gasteiger partial charge >= 0.3 is 0 Å². The molecule has 1 amide bonds. The summed E-state index contributed by atoms with van der Waals surface area (Å²) in [5.74, 6) is -0.205. The third kappa shape index (κ3) is 60.4. The van der Waals surface area contributed by atoms with E-state index < -0.39 is 26.6 Å². The summed E-state index contributed by atoms with van der Waals surface area (Å²) in [5.41, 5.74) is 0. The van der Waals surface area contributed by atoms with Crippen LogP contribution in [0, 0.1) is 0 Å². The number of phosphoric acid groups is 1. The smallest absolute Gasteiger partial charge is 0.268 e. The average molecular weight is 1090 g/mol. The van der Waals surface area contributed by atoms with Gasteiger partial charge in [0.25, 0.3) is 7.82 Å². The molecule has 3 unspecified atom stereocenters. The summed E-state index contributed by atoms with van der Waals surface area (Å²) in [6.07, 6.45) is 77.0. The Morgan fingerprint density at radius 3 is 1.07 bits per heavy atom. The van der Waals surface area contributed by atoms with Crippen molar-refractivity contribution in [2.24, 2.45) is 0 Å². The molecule has 0 aromatic rings. The number of quaternary nitrogens is 1. The van der Waals surface area contributed by atoms with Crippen molar-refractivity contribution in [1.82, 2.24) is 5.32 Å². The number of phosphoric ester groups is 1. The summed E-state index contributed by atoms with van der Waals surface area (Å²) >= 11 is 0. The van der Waals surface area contributed by atoms with Crippen LogP contribution in [0.2, 0.25) is 0 Å². The number of rotatable bonds is 62. The zero-order valence-corrected chi connectivity index (χ0v) is 52.4. The monoisotopic (exact) mass is 1090 g/mol. The molecule has 8 nitrogen and oxygen atoms in total. The topological polar surface area (TPSA) is 108 Å². The van der Waals surface area contributed by atoms with Crippen LogP contribution >= 0.6 is 7.82 Å². The number of nitrogens with one attached hydrogen (secondary N) is 1. The maximum absolute atomic E-state index is 13.0. The average Bonchev–Trinajstić information content (AvgIpc) is 3.38. The predicted molar refractivity (Wildman–Crippen MR) is 330 cm³/mol. The van der Waals surface area contributed by atoms with Gasteiger partial charge in [0.1, 0.15) is 13.2 Å². The van der Waals surface area contributed by atoms with Crippen molar-refractivity contribution in [3.05, 3.63) is 36.5 Å². The summed E-state index contributed by atoms with van der Waals surface area (Å²) in [6, 6.07) is -0.908. The van der Waals surface area contributed by atoms with E-state index in [2.05, 4.69) is 43.5 Å². The highest BCUT2D eigenvalue weighted by atomic mass is 31.2. The number of nitrogens with zero attached hydrogens (tertiary/aromatic N) is 1. The van der Waals surface area contributed by atoms with Gasteiger partial charge in [-0.2, -0.15) is 0 Å². The number of unbranched alkanes of at least 4 members (excludes halogenated alkanes) is 45. The molecule has 9 heteroatoms. The second-order valence-electron chi connectivity index (χ2n) is 24.2. The van der Waals surface area contributed by atoms with Crippen LogP contribution in [0.1, 0.15) is 335 Å². The van der Waals surface area contributed by atoms with E-state index in [1.807, 2.05) is 27.2 Å². The van der Waals surface area contributed by atoms with Crippen LogP contribution in [0.5, 0.6) is 0 Å². The maximum Gasteiger partial charge on any atom is 0.268 e. The Morgan fingerprint density at radius 1 is 0.447 bits per heavy atom. The standard InChI is InChI=1S/C67H131N2O6P/c1-6-8-10-12-14-16-18-20-22-24-26-27-28-29-30-31-32-33-34-35-36-37-38-39-40-41-43-45-47-49-51-53-55-57-59-61-67(71)68-65(64-75-76(72,73)74-63-62-69(3,4)5)66(70)60-58-56-54-52-50-48-46-44-42-25-23-21-19-17-15-13-11-9-7-2/h42,44,50,52,58,60,65-66,70H,6-41,43,45-49,51,53-57,59,61-64H2,1-5H3,(H-,68,71,72,73)/b44-42+,52-50+,60-58+. The Morgan fingerprint density at radius 2 is 0.737 bits per heavy atom. The first kappa shape index (κ1) is 74.7. The molecule has 450 valence electrons. The van der Waals surface area contributed by atoms with Crippen LogP contribution in [0.3, 0.4) is 0 Å². The number of allylic oxidation sites excluding steroid dienone is 5. The lowest BCUT2D eigenvalue weighted by atomic mass is 10.0. The molecule has 2 N–H and O–H groups in total. The lowest BCUT2D eigenvalue weighted by Gasteiger charge is -2.29. The summed E-state index contributed by atoms with van der Waals surface area (Å²) in [4.78, 5) is 25.5. The van der Waals surface area contributed by atoms with Crippen molar-refractivity contribution in [1.29, 1.82) is 0 Å². The third-order valence-corrected chi connectivity index (χ3v) is 16.3. The van der Waals surface area contributed by atoms with Crippen LogP contribution in [-0.2, 0) is 18.4 Å². The van der Waals surface area contributed by atoms with Gasteiger partial charge in [-0.15, -0.1) is 0 Å². The molecule has 0 aliphatic rings. The fraction of sp³-hybridized carbons (Fsp3) is 0.896. The number of likely N-dealkylation sites (N-methyl/N-ethyl adjacent to an activating group) is 1. The molecular formula is C67H131N2O6P. The zero-order chi connectivity index (χ0) is 55.6. The molecule has 76 heavy (non-hydrogen) atoms. The highest BCUT2D eigenvalue weighted by Crippen LogP contribution is 2.38. The van der Waals surface area contributed by atoms with Crippen LogP contribution in [0.25, 0.3) is 0 Å². The highest BCUT2D eigenvalue weighted by Gasteiger charge is 2.23. The van der Waals surface area contributed by atoms with Gasteiger partial charge in [-0.05, 0) is 44.9 Å². The number of hydrogen-bond acceptors (Lipinski definition) is 6. The molecular weight excluding hydrogens is 960 g/mol. The zero-order valence-electron chi connectivity index (χ0n) is 51.5. The lowest BCUT2D eigenvalue weighted by Crippen LogP contribution is -2.45. The molecule has 0 rings (SSSR count). The normalized spacial score (nSPS) is 13.9. The Hall–Kier alpha value is -1.28. The molecule has 0 radical (unpaired) electrons. The fourth-order valence-corrected chi connectivity index (χ4v) is 10.9. The van der Waals surface area contributed by atoms with Crippen molar-refractivity contribution < 1.29 is 32.9 Å². The Kier molecular flexibility index (Phi) is 57.4. The van der Waals surface area contributed by atoms with E-state index in [-0.39, 0.29) is 12.5 Å². The van der Waals surface area contributed by atoms with Crippen LogP contribution in [0.4, 0.5) is 0 Å². The van der Waals surface area contributed by atoms with E-state index in [0.29, 0.717) is 17.4 Å². The van der Waals surface area contributed by atoms with E-state index in [0.717, 1.165) is 44.9 Å². The van der Waals surface area contributed by atoms with Gasteiger partial charge < -0.3 is 28.8 Å². The SMILES string of the molecule is CCCCCCCCCCC/C=C/CC/C=C/CC/C=C/C(O)C(COP(=O)([O-])OCC[N+](C)(C)C)NC(=O)CCCCCCCCCCCCCCCCCCCCCCCCCCCCCCCCCCCCC. The highest BCUT2D eigenvalue weighted by molar-refractivity contribution is 7.45. The second kappa shape index (κ2) is 58.4. The lowest BCUT2D eigenvalue weighted by molar-refractivity contribution is -0.870. The largest absolute Gasteiger partial charge is 0.756 e. The van der Waals surface area contributed by atoms with E-state index in [1.54, 1.807) is 6.08 Å². The van der Waals surface area contributed by atoms with Crippen molar-refractivity contribution in [2.75, 3.05) is 40.9 Å². The van der Waals surface area contributed by atoms with Crippen molar-refractivity contribution in [3.63, 3.8) is 0 Å². The molecule has 0 spiro atoms. The second-order valence-corrected chi connectivity index (χ2v) is 25.6. The summed E-state index contributed by atoms with van der Waals surface area (Å²) in [5, 5.41) is 13.9. The van der Waals surface area contributed by atoms with E-state index in [4.69, 9.17) is 9.05 Å². The minimum absolute atomic E-state index is 0.00727. The van der Waals surface area contributed by atoms with Gasteiger partial charge in [-0.25, -0.2) is 0 Å². The summed E-state index contributed by atoms with van der Waals surface area (Å²) in [7, 11) is 1.25. The Labute approximate surface area is 474 Å². The minimum Gasteiger partial charge on any atom is -0.756 e. The maximum atomic E-state index is 13.0. The van der Waals surface area contributed by atoms with Gasteiger partial charge in [0.2, 0.25) is 5.91 Å². The van der Waals surface area contributed by atoms with E-state index >= 15 is 0 Å². The van der Waals surface area contributed by atoms with E-state index in [1.165, 1.54) is 270 Å². The fourth-order valence-electron chi connectivity index (χ4n) is 10.1. The van der Waals surface area contributed by atoms with Gasteiger partial charge in [0, 0.05) is 6.42 Å². The molecule has 0 fully saturated rings. The molecule has 0 aliphatic carbocycles. The number of amides is 1. The van der Waals surface area contributed by atoms with Crippen molar-refractivity contribution in [2.45, 2.75) is 347 Å². The number of hydrogen-bond donors (Lipinski definition) is 2. The quantitative estimate of drug-likeness (QED) is 0.0272. The summed E-state index contributed by atoms with van der Waals surface area (Å²) in [6.45, 7) is 4.66. The Bertz CT molecular complexity index is 1330. The number of aliphatic hydroxyl groups is 1. The first-order valence-electron chi connectivity index (χ1n) is 33.4. The van der Waals surface area contributed by atoms with Gasteiger partial charge in [-0.1, -0.05) is 320 Å². The van der Waals surface area contributed by atoms with Gasteiger partial charge in [0.05, 0.1) is 39.9 Å². The minimum atomic E-state index is -4.61. The van der Waals surface area contributed by atoms with Crippen LogP contribution in [0.15, 0.2) is 36.5 Å². The first-order chi connectivity index (χ1) is 37.0. The number of aliphatic hydroxyl groups excluding tert-OH is 1. The van der Waals surface area contributed by atoms with Crippen LogP contribution < -0.4 is 10.2 Å². The molecule has 0 heterocycles. The molecule has 3 atom stereocenters. The Balaban J connectivity index is 4.01. The van der Waals surface area contributed by atoms with Gasteiger partial charge in [0.15, 0.2) is 0 Å². The van der Waals surface area contributed by atoms with Gasteiger partial charge in [-0.3, -0.25) is 9.36 Å². The van der Waals surface area contributed by atoms with Crippen molar-refractivity contribution in [3.8, 4) is 0 Å². The number of carbonyl (C=O) groups is 1. The molecule has 0 aromatic heterocycles. The molecule has 0 aliphatic heterocycles. The van der Waals surface area contributed by atoms with E-state index in [9.17, 15) is 19.4 Å². The summed E-state index contributed by atoms with van der Waals surface area (Å²) < 4.78 is 23.4.